The molecule has 18 heteroatoms. The van der Waals surface area contributed by atoms with Crippen LogP contribution in [0.5, 0.6) is 11.5 Å². The lowest BCUT2D eigenvalue weighted by Crippen LogP contribution is -2.50. The summed E-state index contributed by atoms with van der Waals surface area (Å²) in [5.41, 5.74) is -0.630. The lowest BCUT2D eigenvalue weighted by Gasteiger charge is -2.41. The molecule has 2 aromatic heterocycles. The Kier molecular flexibility index (Phi) is 14.2. The maximum Gasteiger partial charge on any atom is 0.314 e. The van der Waals surface area contributed by atoms with Gasteiger partial charge in [-0.3, -0.25) is 38.1 Å². The van der Waals surface area contributed by atoms with Gasteiger partial charge in [0.05, 0.1) is 36.3 Å². The van der Waals surface area contributed by atoms with Crippen molar-refractivity contribution >= 4 is 23.8 Å². The number of halogens is 4. The van der Waals surface area contributed by atoms with Crippen LogP contribution in [-0.2, 0) is 16.0 Å². The van der Waals surface area contributed by atoms with Crippen LogP contribution in [0.3, 0.4) is 0 Å². The quantitative estimate of drug-likeness (QED) is 0.0778. The van der Waals surface area contributed by atoms with E-state index >= 15 is 8.78 Å². The van der Waals surface area contributed by atoms with Gasteiger partial charge in [0.1, 0.15) is 23.3 Å². The Labute approximate surface area is 405 Å². The first-order chi connectivity index (χ1) is 33.8. The molecule has 2 amide bonds. The number of carbonyl (C=O) groups is 4. The molecule has 4 atom stereocenters. The molecule has 0 fully saturated rings. The zero-order valence-electron chi connectivity index (χ0n) is 39.6. The molecule has 2 aliphatic heterocycles. The minimum atomic E-state index is -1.09. The number of likely N-dealkylation sites (N-methyl/N-ethyl adjacent to an activating group) is 1. The molecule has 0 saturated heterocycles. The van der Waals surface area contributed by atoms with Gasteiger partial charge >= 0.3 is 11.9 Å². The van der Waals surface area contributed by atoms with Gasteiger partial charge in [-0.15, -0.1) is 0 Å². The summed E-state index contributed by atoms with van der Waals surface area (Å²) in [7, 11) is 0. The monoisotopic (exact) mass is 974 g/mol. The number of esters is 2. The van der Waals surface area contributed by atoms with E-state index in [0.29, 0.717) is 16.7 Å². The molecule has 0 spiro atoms. The average Bonchev–Trinajstić information content (AvgIpc) is 3.31. The average molecular weight is 975 g/mol. The highest BCUT2D eigenvalue weighted by Gasteiger charge is 2.43. The summed E-state index contributed by atoms with van der Waals surface area (Å²) < 4.78 is 74.7. The molecule has 0 N–H and O–H groups in total. The summed E-state index contributed by atoms with van der Waals surface area (Å²) in [6.45, 7) is 9.92. The molecule has 0 bridgehead atoms. The van der Waals surface area contributed by atoms with Gasteiger partial charge in [0.2, 0.25) is 22.4 Å². The highest BCUT2D eigenvalue weighted by molar-refractivity contribution is 5.97. The highest BCUT2D eigenvalue weighted by atomic mass is 19.1. The number of amides is 2. The second-order valence-electron chi connectivity index (χ2n) is 18.4. The van der Waals surface area contributed by atoms with Crippen molar-refractivity contribution in [2.24, 2.45) is 11.8 Å². The Bertz CT molecular complexity index is 3150. The zero-order valence-corrected chi connectivity index (χ0v) is 39.6. The van der Waals surface area contributed by atoms with Crippen LogP contribution in [0.25, 0.3) is 0 Å². The Hall–Kier alpha value is -7.76. The van der Waals surface area contributed by atoms with E-state index in [1.165, 1.54) is 92.8 Å². The normalized spacial score (nSPS) is 16.5. The number of aromatic nitrogens is 4. The molecule has 0 radical (unpaired) electrons. The summed E-state index contributed by atoms with van der Waals surface area (Å²) >= 11 is 0. The maximum absolute atomic E-state index is 16.1. The molecule has 4 heterocycles. The molecule has 14 nitrogen and oxygen atoms in total. The first kappa shape index (κ1) is 49.7. The standard InChI is InChI=1S/C53H50F4N6O8/c1-7-60-26-40(44(32-11-8-14-36(54)20-32)33-12-9-15-37(55)21-33)62-46(50(60)66)48(42(64)24-58-62)71-53(69)30(6)17-31-18-35(23-39(57)19-31)45(34-13-10-16-38(56)22-34)41-27-61(29(4)5)51(67)47-49(70-52(68)28(2)3)43(65)25-59-63(41)47/h8-16,18-25,28-30,40-41,44-45H,7,17,26-27H2,1-6H3. The van der Waals surface area contributed by atoms with Crippen LogP contribution in [-0.4, -0.2) is 78.8 Å². The molecule has 2 aliphatic rings. The largest absolute Gasteiger partial charge is 0.420 e. The van der Waals surface area contributed by atoms with E-state index in [1.54, 1.807) is 58.9 Å². The lowest BCUT2D eigenvalue weighted by molar-refractivity contribution is -0.139. The fourth-order valence-corrected chi connectivity index (χ4v) is 9.44. The van der Waals surface area contributed by atoms with E-state index in [2.05, 4.69) is 10.2 Å². The number of fused-ring (bicyclic) bond motifs is 2. The van der Waals surface area contributed by atoms with Gasteiger partial charge in [-0.1, -0.05) is 63.2 Å². The van der Waals surface area contributed by atoms with Crippen LogP contribution < -0.4 is 20.3 Å². The van der Waals surface area contributed by atoms with E-state index in [-0.39, 0.29) is 48.6 Å². The molecular formula is C53H50F4N6O8. The van der Waals surface area contributed by atoms with Gasteiger partial charge in [-0.2, -0.15) is 10.2 Å². The summed E-state index contributed by atoms with van der Waals surface area (Å²) in [6, 6.07) is 18.8. The van der Waals surface area contributed by atoms with Gasteiger partial charge in [0.15, 0.2) is 11.4 Å². The van der Waals surface area contributed by atoms with Crippen molar-refractivity contribution in [3.63, 3.8) is 0 Å². The molecule has 8 rings (SSSR count). The molecule has 0 aliphatic carbocycles. The van der Waals surface area contributed by atoms with Crippen LogP contribution in [0.1, 0.15) is 114 Å². The fraction of sp³-hybridized carbons (Fsp3) is 0.321. The maximum atomic E-state index is 16.1. The van der Waals surface area contributed by atoms with Crippen LogP contribution in [0.2, 0.25) is 0 Å². The molecule has 6 aromatic rings. The minimum absolute atomic E-state index is 0.0114. The Morgan fingerprint density at radius 3 is 1.55 bits per heavy atom. The van der Waals surface area contributed by atoms with Crippen molar-refractivity contribution in [3.8, 4) is 11.5 Å². The van der Waals surface area contributed by atoms with E-state index in [4.69, 9.17) is 9.47 Å². The number of nitrogens with zero attached hydrogens (tertiary/aromatic N) is 6. The predicted molar refractivity (Wildman–Crippen MR) is 251 cm³/mol. The van der Waals surface area contributed by atoms with Crippen molar-refractivity contribution in [1.82, 2.24) is 29.4 Å². The van der Waals surface area contributed by atoms with Crippen LogP contribution in [0.4, 0.5) is 17.6 Å². The van der Waals surface area contributed by atoms with Crippen LogP contribution in [0.15, 0.2) is 113 Å². The lowest BCUT2D eigenvalue weighted by atomic mass is 9.82. The molecule has 0 saturated carbocycles. The topological polar surface area (TPSA) is 163 Å². The number of benzene rings is 4. The molecule has 368 valence electrons. The number of hydrogen-bond acceptors (Lipinski definition) is 10. The first-order valence-corrected chi connectivity index (χ1v) is 23.2. The van der Waals surface area contributed by atoms with E-state index in [1.807, 2.05) is 0 Å². The summed E-state index contributed by atoms with van der Waals surface area (Å²) in [6.07, 6.45) is 1.64. The van der Waals surface area contributed by atoms with Crippen LogP contribution in [0, 0.1) is 35.1 Å². The van der Waals surface area contributed by atoms with E-state index in [0.717, 1.165) is 12.4 Å². The van der Waals surface area contributed by atoms with Gasteiger partial charge < -0.3 is 19.3 Å². The summed E-state index contributed by atoms with van der Waals surface area (Å²) in [5.74, 6) is -10.2. The number of ether oxygens (including phenoxy) is 2. The van der Waals surface area contributed by atoms with Gasteiger partial charge in [-0.25, -0.2) is 17.6 Å². The number of hydrogen-bond donors (Lipinski definition) is 0. The molecule has 4 aromatic carbocycles. The van der Waals surface area contributed by atoms with Crippen molar-refractivity contribution in [2.45, 2.75) is 77.9 Å². The third kappa shape index (κ3) is 10.0. The van der Waals surface area contributed by atoms with Crippen LogP contribution >= 0.6 is 0 Å². The summed E-state index contributed by atoms with van der Waals surface area (Å²) in [5, 5.41) is 8.67. The minimum Gasteiger partial charge on any atom is -0.420 e. The molecule has 4 unspecified atom stereocenters. The second-order valence-corrected chi connectivity index (χ2v) is 18.4. The third-order valence-corrected chi connectivity index (χ3v) is 12.9. The smallest absolute Gasteiger partial charge is 0.314 e. The Balaban J connectivity index is 1.16. The van der Waals surface area contributed by atoms with E-state index < -0.39 is 111 Å². The first-order valence-electron chi connectivity index (χ1n) is 23.2. The SMILES string of the molecule is CCN1CC(C(c2cccc(F)c2)c2cccc(F)c2)n2ncc(=O)c(OC(=O)C(C)Cc3cc(F)cc(C(c4cccc(F)c4)C4CN(C(C)C)C(=O)c5c(OC(=O)C(C)C)c(=O)cnn54)c3)c2C1=O. The zero-order chi connectivity index (χ0) is 51.0. The van der Waals surface area contributed by atoms with Crippen molar-refractivity contribution < 1.29 is 46.2 Å². The number of rotatable bonds is 14. The molecule has 71 heavy (non-hydrogen) atoms. The van der Waals surface area contributed by atoms with E-state index in [9.17, 15) is 37.5 Å². The third-order valence-electron chi connectivity index (χ3n) is 12.9. The Morgan fingerprint density at radius 2 is 1.07 bits per heavy atom. The van der Waals surface area contributed by atoms with Gasteiger partial charge in [0.25, 0.3) is 11.8 Å². The van der Waals surface area contributed by atoms with Gasteiger partial charge in [0, 0.05) is 37.5 Å². The van der Waals surface area contributed by atoms with Crippen molar-refractivity contribution in [2.75, 3.05) is 19.6 Å². The molecular weight excluding hydrogens is 925 g/mol. The van der Waals surface area contributed by atoms with Gasteiger partial charge in [-0.05, 0) is 104 Å². The Morgan fingerprint density at radius 1 is 0.606 bits per heavy atom. The highest BCUT2D eigenvalue weighted by Crippen LogP contribution is 2.42. The number of carbonyl (C=O) groups excluding carboxylic acids is 4. The summed E-state index contributed by atoms with van der Waals surface area (Å²) in [4.78, 5) is 85.1. The predicted octanol–water partition coefficient (Wildman–Crippen LogP) is 7.79. The van der Waals surface area contributed by atoms with Crippen molar-refractivity contribution in [1.29, 1.82) is 0 Å². The fourth-order valence-electron chi connectivity index (χ4n) is 9.44. The second kappa shape index (κ2) is 20.3. The van der Waals surface area contributed by atoms with Crippen molar-refractivity contribution in [3.05, 3.63) is 186 Å².